The lowest BCUT2D eigenvalue weighted by Gasteiger charge is -2.29. The summed E-state index contributed by atoms with van der Waals surface area (Å²) in [5.74, 6) is 0.136. The van der Waals surface area contributed by atoms with Crippen LogP contribution in [-0.4, -0.2) is 42.4 Å². The fraction of sp³-hybridized carbons (Fsp3) is 0.579. The molecule has 3 rings (SSSR count). The van der Waals surface area contributed by atoms with Crippen molar-refractivity contribution >= 4 is 29.9 Å². The van der Waals surface area contributed by atoms with Gasteiger partial charge in [0.25, 0.3) is 0 Å². The largest absolute Gasteiger partial charge is 0.338 e. The number of nitrogens with zero attached hydrogens (tertiary/aromatic N) is 1. The first-order chi connectivity index (χ1) is 11.7. The van der Waals surface area contributed by atoms with Crippen LogP contribution in [-0.2, 0) is 16.0 Å². The number of anilines is 1. The highest BCUT2D eigenvalue weighted by Gasteiger charge is 2.29. The molecule has 0 radical (unpaired) electrons. The van der Waals surface area contributed by atoms with Gasteiger partial charge in [0.15, 0.2) is 0 Å². The zero-order valence-electron chi connectivity index (χ0n) is 14.8. The normalized spacial score (nSPS) is 21.9. The second kappa shape index (κ2) is 9.20. The maximum absolute atomic E-state index is 12.7. The minimum absolute atomic E-state index is 0. The molecule has 0 aromatic heterocycles. The van der Waals surface area contributed by atoms with E-state index in [9.17, 15) is 9.59 Å². The second-order valence-corrected chi connectivity index (χ2v) is 6.82. The van der Waals surface area contributed by atoms with Crippen molar-refractivity contribution in [1.82, 2.24) is 10.2 Å². The molecule has 5 nitrogen and oxygen atoms in total. The second-order valence-electron chi connectivity index (χ2n) is 6.82. The Kier molecular flexibility index (Phi) is 7.26. The number of rotatable bonds is 6. The lowest BCUT2D eigenvalue weighted by Crippen LogP contribution is -2.42. The molecule has 1 fully saturated rings. The van der Waals surface area contributed by atoms with Crippen molar-refractivity contribution in [1.29, 1.82) is 0 Å². The summed E-state index contributed by atoms with van der Waals surface area (Å²) in [6.07, 6.45) is 3.81. The third kappa shape index (κ3) is 4.73. The lowest BCUT2D eigenvalue weighted by atomic mass is 9.89. The van der Waals surface area contributed by atoms with E-state index in [4.69, 9.17) is 0 Å². The number of amides is 2. The number of hydrogen-bond acceptors (Lipinski definition) is 3. The summed E-state index contributed by atoms with van der Waals surface area (Å²) in [6, 6.07) is 8.23. The highest BCUT2D eigenvalue weighted by atomic mass is 35.5. The smallest absolute Gasteiger partial charge is 0.227 e. The average Bonchev–Trinajstić information content (AvgIpc) is 3.11. The summed E-state index contributed by atoms with van der Waals surface area (Å²) < 4.78 is 0. The van der Waals surface area contributed by atoms with Crippen molar-refractivity contribution in [2.24, 2.45) is 5.92 Å². The Labute approximate surface area is 155 Å². The molecule has 25 heavy (non-hydrogen) atoms. The van der Waals surface area contributed by atoms with E-state index in [0.29, 0.717) is 18.9 Å². The molecular formula is C19H28ClN3O2. The summed E-state index contributed by atoms with van der Waals surface area (Å²) in [7, 11) is 0. The molecular weight excluding hydrogens is 338 g/mol. The van der Waals surface area contributed by atoms with E-state index in [2.05, 4.69) is 23.6 Å². The van der Waals surface area contributed by atoms with Crippen LogP contribution in [0.2, 0.25) is 0 Å². The third-order valence-corrected chi connectivity index (χ3v) is 5.08. The molecule has 6 heteroatoms. The first-order valence-corrected chi connectivity index (χ1v) is 9.08. The Bertz CT molecular complexity index is 602. The molecule has 1 aromatic carbocycles. The first kappa shape index (κ1) is 19.7. The number of nitrogens with one attached hydrogen (secondary N) is 2. The van der Waals surface area contributed by atoms with Crippen LogP contribution < -0.4 is 10.6 Å². The number of para-hydroxylation sites is 1. The maximum Gasteiger partial charge on any atom is 0.227 e. The SMILES string of the molecule is CCCN(C(=O)CCC1Cc2ccccc2NC1=O)C1CCNC1.Cl. The van der Waals surface area contributed by atoms with E-state index in [1.165, 1.54) is 5.56 Å². The van der Waals surface area contributed by atoms with Gasteiger partial charge in [-0.3, -0.25) is 9.59 Å². The number of fused-ring (bicyclic) bond motifs is 1. The Hall–Kier alpha value is -1.59. The summed E-state index contributed by atoms with van der Waals surface area (Å²) >= 11 is 0. The van der Waals surface area contributed by atoms with Gasteiger partial charge in [0.05, 0.1) is 0 Å². The van der Waals surface area contributed by atoms with Crippen molar-refractivity contribution in [3.8, 4) is 0 Å². The van der Waals surface area contributed by atoms with Gasteiger partial charge >= 0.3 is 0 Å². The summed E-state index contributed by atoms with van der Waals surface area (Å²) in [5.41, 5.74) is 2.08. The molecule has 0 aliphatic carbocycles. The summed E-state index contributed by atoms with van der Waals surface area (Å²) in [4.78, 5) is 27.0. The quantitative estimate of drug-likeness (QED) is 0.814. The zero-order valence-corrected chi connectivity index (χ0v) is 15.6. The van der Waals surface area contributed by atoms with Crippen molar-refractivity contribution in [3.05, 3.63) is 29.8 Å². The van der Waals surface area contributed by atoms with Crippen LogP contribution in [0.3, 0.4) is 0 Å². The average molecular weight is 366 g/mol. The van der Waals surface area contributed by atoms with Gasteiger partial charge in [-0.05, 0) is 43.9 Å². The number of halogens is 1. The predicted molar refractivity (Wildman–Crippen MR) is 102 cm³/mol. The lowest BCUT2D eigenvalue weighted by molar-refractivity contribution is -0.133. The highest BCUT2D eigenvalue weighted by Crippen LogP contribution is 2.28. The zero-order chi connectivity index (χ0) is 16.9. The fourth-order valence-corrected chi connectivity index (χ4v) is 3.74. The van der Waals surface area contributed by atoms with Crippen molar-refractivity contribution < 1.29 is 9.59 Å². The van der Waals surface area contributed by atoms with Crippen molar-refractivity contribution in [2.45, 2.75) is 45.1 Å². The standard InChI is InChI=1S/C19H27N3O2.ClH/c1-2-11-22(16-9-10-20-13-16)18(23)8-7-15-12-14-5-3-4-6-17(14)21-19(15)24;/h3-6,15-16,20H,2,7-13H2,1H3,(H,21,24);1H. The van der Waals surface area contributed by atoms with Crippen LogP contribution in [0.1, 0.15) is 38.2 Å². The molecule has 0 bridgehead atoms. The van der Waals surface area contributed by atoms with Crippen LogP contribution in [0.4, 0.5) is 5.69 Å². The molecule has 2 aliphatic rings. The minimum Gasteiger partial charge on any atom is -0.338 e. The van der Waals surface area contributed by atoms with Crippen molar-refractivity contribution in [3.63, 3.8) is 0 Å². The van der Waals surface area contributed by atoms with Crippen LogP contribution in [0.5, 0.6) is 0 Å². The first-order valence-electron chi connectivity index (χ1n) is 9.08. The topological polar surface area (TPSA) is 61.4 Å². The van der Waals surface area contributed by atoms with E-state index < -0.39 is 0 Å². The van der Waals surface area contributed by atoms with Gasteiger partial charge in [0.2, 0.25) is 11.8 Å². The Morgan fingerprint density at radius 3 is 2.84 bits per heavy atom. The molecule has 138 valence electrons. The number of carbonyl (C=O) groups excluding carboxylic acids is 2. The van der Waals surface area contributed by atoms with Gasteiger partial charge in [0, 0.05) is 37.2 Å². The maximum atomic E-state index is 12.7. The van der Waals surface area contributed by atoms with Gasteiger partial charge < -0.3 is 15.5 Å². The molecule has 1 saturated heterocycles. The van der Waals surface area contributed by atoms with Gasteiger partial charge in [-0.2, -0.15) is 0 Å². The molecule has 2 amide bonds. The Balaban J connectivity index is 0.00000225. The summed E-state index contributed by atoms with van der Waals surface area (Å²) in [5, 5.41) is 6.30. The van der Waals surface area contributed by atoms with Gasteiger partial charge in [-0.25, -0.2) is 0 Å². The van der Waals surface area contributed by atoms with Crippen LogP contribution in [0.15, 0.2) is 24.3 Å². The molecule has 2 atom stereocenters. The molecule has 0 spiro atoms. The Morgan fingerprint density at radius 1 is 1.32 bits per heavy atom. The minimum atomic E-state index is -0.103. The Morgan fingerprint density at radius 2 is 2.12 bits per heavy atom. The molecule has 2 heterocycles. The van der Waals surface area contributed by atoms with E-state index in [1.807, 2.05) is 23.1 Å². The van der Waals surface area contributed by atoms with Crippen LogP contribution in [0, 0.1) is 5.92 Å². The van der Waals surface area contributed by atoms with Crippen molar-refractivity contribution in [2.75, 3.05) is 25.0 Å². The van der Waals surface area contributed by atoms with Crippen LogP contribution >= 0.6 is 12.4 Å². The molecule has 2 N–H and O–H groups in total. The van der Waals surface area contributed by atoms with Gasteiger partial charge in [-0.15, -0.1) is 12.4 Å². The number of benzene rings is 1. The summed E-state index contributed by atoms with van der Waals surface area (Å²) in [6.45, 7) is 4.79. The van der Waals surface area contributed by atoms with E-state index in [0.717, 1.165) is 44.6 Å². The van der Waals surface area contributed by atoms with Crippen LogP contribution in [0.25, 0.3) is 0 Å². The highest BCUT2D eigenvalue weighted by molar-refractivity contribution is 5.96. The van der Waals surface area contributed by atoms with E-state index in [1.54, 1.807) is 0 Å². The molecule has 2 aliphatic heterocycles. The van der Waals surface area contributed by atoms with E-state index >= 15 is 0 Å². The molecule has 0 saturated carbocycles. The number of carbonyl (C=O) groups is 2. The molecule has 2 unspecified atom stereocenters. The van der Waals surface area contributed by atoms with E-state index in [-0.39, 0.29) is 30.1 Å². The van der Waals surface area contributed by atoms with Gasteiger partial charge in [0.1, 0.15) is 0 Å². The predicted octanol–water partition coefficient (Wildman–Crippen LogP) is 2.60. The van der Waals surface area contributed by atoms with Gasteiger partial charge in [-0.1, -0.05) is 25.1 Å². The number of hydrogen-bond donors (Lipinski definition) is 2. The third-order valence-electron chi connectivity index (χ3n) is 5.08. The fourth-order valence-electron chi connectivity index (χ4n) is 3.74. The molecule has 1 aromatic rings. The monoisotopic (exact) mass is 365 g/mol.